The molecule has 0 bridgehead atoms. The van der Waals surface area contributed by atoms with E-state index in [1.54, 1.807) is 41.8 Å². The number of amides is 1. The maximum Gasteiger partial charge on any atom is 0.273 e. The molecule has 5 rings (SSSR count). The minimum atomic E-state index is -0.251. The number of nitrogens with two attached hydrogens (primary N) is 1. The normalized spacial score (nSPS) is 13.1. The maximum atomic E-state index is 13.5. The van der Waals surface area contributed by atoms with Crippen LogP contribution in [0, 0.1) is 6.92 Å². The van der Waals surface area contributed by atoms with Gasteiger partial charge in [0.15, 0.2) is 0 Å². The van der Waals surface area contributed by atoms with Crippen molar-refractivity contribution >= 4 is 22.6 Å². The van der Waals surface area contributed by atoms with Crippen molar-refractivity contribution in [2.45, 2.75) is 39.0 Å². The summed E-state index contributed by atoms with van der Waals surface area (Å²) in [6.45, 7) is 2.38. The summed E-state index contributed by atoms with van der Waals surface area (Å²) in [5, 5.41) is 0.802. The summed E-state index contributed by atoms with van der Waals surface area (Å²) < 4.78 is 5.77. The van der Waals surface area contributed by atoms with Crippen LogP contribution in [0.15, 0.2) is 55.1 Å². The zero-order valence-electron chi connectivity index (χ0n) is 18.2. The molecule has 1 aliphatic carbocycles. The molecule has 0 saturated heterocycles. The van der Waals surface area contributed by atoms with Crippen LogP contribution in [0.2, 0.25) is 0 Å². The van der Waals surface area contributed by atoms with E-state index in [2.05, 4.69) is 24.9 Å². The Balaban J connectivity index is 1.42. The van der Waals surface area contributed by atoms with Gasteiger partial charge in [0, 0.05) is 17.8 Å². The first-order chi connectivity index (χ1) is 16.0. The highest BCUT2D eigenvalue weighted by atomic mass is 16.5. The van der Waals surface area contributed by atoms with Crippen LogP contribution >= 0.6 is 0 Å². The highest BCUT2D eigenvalue weighted by molar-refractivity contribution is 5.96. The zero-order valence-corrected chi connectivity index (χ0v) is 18.2. The van der Waals surface area contributed by atoms with E-state index >= 15 is 0 Å². The zero-order chi connectivity index (χ0) is 22.8. The molecule has 1 fully saturated rings. The Hall–Kier alpha value is -4.14. The molecule has 4 aromatic rings. The van der Waals surface area contributed by atoms with Gasteiger partial charge in [0.05, 0.1) is 42.8 Å². The molecule has 166 valence electrons. The second-order valence-electron chi connectivity index (χ2n) is 8.08. The van der Waals surface area contributed by atoms with E-state index in [0.29, 0.717) is 29.0 Å². The molecule has 1 saturated carbocycles. The third-order valence-corrected chi connectivity index (χ3v) is 5.37. The smallest absolute Gasteiger partial charge is 0.273 e. The number of pyridine rings is 3. The summed E-state index contributed by atoms with van der Waals surface area (Å²) in [4.78, 5) is 36.8. The van der Waals surface area contributed by atoms with Crippen molar-refractivity contribution in [3.05, 3.63) is 77.9 Å². The minimum absolute atomic E-state index is 0.223. The molecular formula is C24H23N7O2. The van der Waals surface area contributed by atoms with Crippen molar-refractivity contribution in [2.75, 3.05) is 5.73 Å². The number of nitrogens with zero attached hydrogens (tertiary/aromatic N) is 6. The Kier molecular flexibility index (Phi) is 5.52. The van der Waals surface area contributed by atoms with Crippen molar-refractivity contribution < 1.29 is 9.53 Å². The lowest BCUT2D eigenvalue weighted by atomic mass is 10.1. The van der Waals surface area contributed by atoms with Crippen molar-refractivity contribution in [2.24, 2.45) is 0 Å². The van der Waals surface area contributed by atoms with Gasteiger partial charge < -0.3 is 15.4 Å². The molecule has 4 aromatic heterocycles. The van der Waals surface area contributed by atoms with E-state index in [0.717, 1.165) is 35.2 Å². The highest BCUT2D eigenvalue weighted by Gasteiger charge is 2.24. The first kappa shape index (κ1) is 20.7. The number of fused-ring (bicyclic) bond motifs is 1. The molecule has 0 unspecified atom stereocenters. The van der Waals surface area contributed by atoms with Crippen LogP contribution in [0.4, 0.5) is 5.82 Å². The predicted octanol–water partition coefficient (Wildman–Crippen LogP) is 3.09. The lowest BCUT2D eigenvalue weighted by Gasteiger charge is -2.21. The Morgan fingerprint density at radius 2 is 1.91 bits per heavy atom. The highest BCUT2D eigenvalue weighted by Crippen LogP contribution is 2.26. The fourth-order valence-electron chi connectivity index (χ4n) is 3.41. The summed E-state index contributed by atoms with van der Waals surface area (Å²) in [6, 6.07) is 9.13. The summed E-state index contributed by atoms with van der Waals surface area (Å²) in [5.74, 6) is 1.47. The number of carbonyl (C=O) groups excluding carboxylic acids is 1. The van der Waals surface area contributed by atoms with Crippen LogP contribution in [-0.2, 0) is 13.1 Å². The van der Waals surface area contributed by atoms with Crippen molar-refractivity contribution in [3.8, 4) is 5.75 Å². The number of hydrogen-bond acceptors (Lipinski definition) is 8. The topological polar surface area (TPSA) is 120 Å². The third-order valence-electron chi connectivity index (χ3n) is 5.37. The van der Waals surface area contributed by atoms with Crippen molar-refractivity contribution in [1.29, 1.82) is 0 Å². The SMILES string of the molecule is Cc1cc2cc(C(=O)N(Cc3ccc(OC4CC4)cn3)Cc3ncccn3)ncc2nc1N. The van der Waals surface area contributed by atoms with Gasteiger partial charge in [-0.25, -0.2) is 19.9 Å². The fraction of sp³-hybridized carbons (Fsp3) is 0.250. The molecule has 9 nitrogen and oxygen atoms in total. The maximum absolute atomic E-state index is 13.5. The Morgan fingerprint density at radius 3 is 2.64 bits per heavy atom. The Labute approximate surface area is 190 Å². The van der Waals surface area contributed by atoms with Crippen molar-refractivity contribution in [1.82, 2.24) is 29.8 Å². The Bertz CT molecular complexity index is 1290. The van der Waals surface area contributed by atoms with E-state index in [1.165, 1.54) is 0 Å². The second-order valence-corrected chi connectivity index (χ2v) is 8.08. The standard InChI is InChI=1S/C24H23N7O2/c1-15-9-16-10-20(29-12-21(16)30-23(15)25)24(32)31(14-22-26-7-2-8-27-22)13-17-3-4-19(11-28-17)33-18-5-6-18/h2-4,7-12,18H,5-6,13-14H2,1H3,(H2,25,30). The van der Waals surface area contributed by atoms with Crippen LogP contribution in [0.5, 0.6) is 5.75 Å². The third kappa shape index (κ3) is 4.87. The van der Waals surface area contributed by atoms with Crippen LogP contribution in [0.25, 0.3) is 10.9 Å². The van der Waals surface area contributed by atoms with Gasteiger partial charge in [-0.15, -0.1) is 0 Å². The van der Waals surface area contributed by atoms with Gasteiger partial charge in [0.1, 0.15) is 23.1 Å². The molecule has 33 heavy (non-hydrogen) atoms. The number of carbonyl (C=O) groups is 1. The van der Waals surface area contributed by atoms with Crippen LogP contribution in [0.3, 0.4) is 0 Å². The molecule has 0 atom stereocenters. The summed E-state index contributed by atoms with van der Waals surface area (Å²) in [7, 11) is 0. The van der Waals surface area contributed by atoms with Gasteiger partial charge in [0.2, 0.25) is 0 Å². The summed E-state index contributed by atoms with van der Waals surface area (Å²) in [6.07, 6.45) is 9.04. The number of hydrogen-bond donors (Lipinski definition) is 1. The lowest BCUT2D eigenvalue weighted by Crippen LogP contribution is -2.31. The summed E-state index contributed by atoms with van der Waals surface area (Å²) >= 11 is 0. The minimum Gasteiger partial charge on any atom is -0.489 e. The number of rotatable bonds is 7. The van der Waals surface area contributed by atoms with E-state index in [-0.39, 0.29) is 19.0 Å². The number of ether oxygens (including phenoxy) is 1. The molecule has 9 heteroatoms. The summed E-state index contributed by atoms with van der Waals surface area (Å²) in [5.41, 5.74) is 8.42. The first-order valence-corrected chi connectivity index (χ1v) is 10.7. The molecule has 1 aliphatic rings. The van der Waals surface area contributed by atoms with Gasteiger partial charge in [0.25, 0.3) is 5.91 Å². The fourth-order valence-corrected chi connectivity index (χ4v) is 3.41. The van der Waals surface area contributed by atoms with E-state index < -0.39 is 0 Å². The lowest BCUT2D eigenvalue weighted by molar-refractivity contribution is 0.0717. The Morgan fingerprint density at radius 1 is 1.09 bits per heavy atom. The number of aromatic nitrogens is 5. The van der Waals surface area contributed by atoms with Crippen LogP contribution < -0.4 is 10.5 Å². The van der Waals surface area contributed by atoms with Crippen molar-refractivity contribution in [3.63, 3.8) is 0 Å². The molecule has 0 aliphatic heterocycles. The molecule has 1 amide bonds. The number of nitrogen functional groups attached to an aromatic ring is 1. The molecule has 0 spiro atoms. The van der Waals surface area contributed by atoms with Gasteiger partial charge in [-0.3, -0.25) is 9.78 Å². The molecular weight excluding hydrogens is 418 g/mol. The van der Waals surface area contributed by atoms with Crippen LogP contribution in [0.1, 0.15) is 40.4 Å². The molecule has 0 aromatic carbocycles. The van der Waals surface area contributed by atoms with E-state index in [4.69, 9.17) is 10.5 Å². The average molecular weight is 441 g/mol. The van der Waals surface area contributed by atoms with E-state index in [1.807, 2.05) is 25.1 Å². The number of anilines is 1. The van der Waals surface area contributed by atoms with Gasteiger partial charge in [-0.2, -0.15) is 0 Å². The number of aryl methyl sites for hydroxylation is 1. The molecule has 2 N–H and O–H groups in total. The first-order valence-electron chi connectivity index (χ1n) is 10.7. The van der Waals surface area contributed by atoms with Gasteiger partial charge in [-0.05, 0) is 55.7 Å². The molecule has 4 heterocycles. The largest absolute Gasteiger partial charge is 0.489 e. The average Bonchev–Trinajstić information content (AvgIpc) is 3.65. The van der Waals surface area contributed by atoms with Gasteiger partial charge in [-0.1, -0.05) is 0 Å². The van der Waals surface area contributed by atoms with Crippen LogP contribution in [-0.4, -0.2) is 41.8 Å². The second kappa shape index (κ2) is 8.78. The van der Waals surface area contributed by atoms with E-state index in [9.17, 15) is 4.79 Å². The monoisotopic (exact) mass is 441 g/mol. The quantitative estimate of drug-likeness (QED) is 0.465. The predicted molar refractivity (Wildman–Crippen MR) is 122 cm³/mol. The van der Waals surface area contributed by atoms with Gasteiger partial charge >= 0.3 is 0 Å². The molecule has 0 radical (unpaired) electrons.